The Bertz CT molecular complexity index is 661. The molecule has 0 aliphatic heterocycles. The third-order valence-electron chi connectivity index (χ3n) is 2.49. The SMILES string of the molecule is N[C@@H](CCC(=O)Nc1ccc(S(=O)(=O)O)c(Cl)c1)C(=O)O. The molecule has 0 unspecified atom stereocenters. The molecule has 0 radical (unpaired) electrons. The number of carboxylic acid groups (broad SMARTS) is 1. The zero-order chi connectivity index (χ0) is 16.2. The molecule has 0 spiro atoms. The minimum atomic E-state index is -4.44. The summed E-state index contributed by atoms with van der Waals surface area (Å²) in [5.41, 5.74) is 5.46. The van der Waals surface area contributed by atoms with Gasteiger partial charge in [-0.2, -0.15) is 8.42 Å². The van der Waals surface area contributed by atoms with Gasteiger partial charge in [0, 0.05) is 12.1 Å². The molecule has 0 bridgehead atoms. The topological polar surface area (TPSA) is 147 Å². The molecule has 0 aliphatic rings. The zero-order valence-electron chi connectivity index (χ0n) is 10.6. The summed E-state index contributed by atoms with van der Waals surface area (Å²) in [6.07, 6.45) is -0.164. The number of amides is 1. The first-order valence-electron chi connectivity index (χ1n) is 5.66. The molecule has 0 aliphatic carbocycles. The van der Waals surface area contributed by atoms with Crippen LogP contribution < -0.4 is 11.1 Å². The first-order chi connectivity index (χ1) is 9.61. The molecule has 5 N–H and O–H groups in total. The van der Waals surface area contributed by atoms with E-state index in [1.54, 1.807) is 0 Å². The van der Waals surface area contributed by atoms with Crippen LogP contribution in [-0.2, 0) is 19.7 Å². The smallest absolute Gasteiger partial charge is 0.320 e. The maximum absolute atomic E-state index is 11.6. The van der Waals surface area contributed by atoms with Crippen molar-refractivity contribution in [3.8, 4) is 0 Å². The van der Waals surface area contributed by atoms with Crippen molar-refractivity contribution in [2.45, 2.75) is 23.8 Å². The van der Waals surface area contributed by atoms with Crippen LogP contribution in [0.4, 0.5) is 5.69 Å². The number of nitrogens with two attached hydrogens (primary N) is 1. The molecule has 0 saturated heterocycles. The molecule has 0 saturated carbocycles. The van der Waals surface area contributed by atoms with E-state index in [2.05, 4.69) is 5.32 Å². The highest BCUT2D eigenvalue weighted by molar-refractivity contribution is 7.86. The van der Waals surface area contributed by atoms with Gasteiger partial charge >= 0.3 is 5.97 Å². The molecule has 0 aromatic heterocycles. The Morgan fingerprint density at radius 1 is 1.38 bits per heavy atom. The Kier molecular flexibility index (Phi) is 5.67. The van der Waals surface area contributed by atoms with Crippen LogP contribution in [0.1, 0.15) is 12.8 Å². The summed E-state index contributed by atoms with van der Waals surface area (Å²) in [5, 5.41) is 10.7. The van der Waals surface area contributed by atoms with E-state index >= 15 is 0 Å². The van der Waals surface area contributed by atoms with Crippen molar-refractivity contribution in [2.75, 3.05) is 5.32 Å². The lowest BCUT2D eigenvalue weighted by Crippen LogP contribution is -2.31. The molecule has 1 amide bonds. The number of carbonyl (C=O) groups excluding carboxylic acids is 1. The summed E-state index contributed by atoms with van der Waals surface area (Å²) in [7, 11) is -4.44. The van der Waals surface area contributed by atoms with Crippen LogP contribution in [0.25, 0.3) is 0 Å². The van der Waals surface area contributed by atoms with Crippen molar-refractivity contribution in [3.63, 3.8) is 0 Å². The van der Waals surface area contributed by atoms with Crippen LogP contribution in [0.15, 0.2) is 23.1 Å². The Morgan fingerprint density at radius 3 is 2.48 bits per heavy atom. The molecule has 116 valence electrons. The second kappa shape index (κ2) is 6.85. The number of nitrogens with one attached hydrogen (secondary N) is 1. The van der Waals surface area contributed by atoms with E-state index in [1.165, 1.54) is 6.07 Å². The van der Waals surface area contributed by atoms with Crippen molar-refractivity contribution >= 4 is 39.3 Å². The minimum Gasteiger partial charge on any atom is -0.480 e. The Labute approximate surface area is 125 Å². The maximum Gasteiger partial charge on any atom is 0.320 e. The van der Waals surface area contributed by atoms with Gasteiger partial charge in [0.15, 0.2) is 0 Å². The molecule has 1 aromatic rings. The van der Waals surface area contributed by atoms with Crippen LogP contribution in [0.5, 0.6) is 0 Å². The number of hydrogen-bond acceptors (Lipinski definition) is 5. The lowest BCUT2D eigenvalue weighted by molar-refractivity contribution is -0.138. The highest BCUT2D eigenvalue weighted by Crippen LogP contribution is 2.24. The van der Waals surface area contributed by atoms with Gasteiger partial charge in [0.05, 0.1) is 5.02 Å². The number of anilines is 1. The van der Waals surface area contributed by atoms with Crippen molar-refractivity contribution in [2.24, 2.45) is 5.73 Å². The first kappa shape index (κ1) is 17.4. The van der Waals surface area contributed by atoms with Gasteiger partial charge in [0.1, 0.15) is 10.9 Å². The fraction of sp³-hybridized carbons (Fsp3) is 0.273. The molecule has 21 heavy (non-hydrogen) atoms. The van der Waals surface area contributed by atoms with Gasteiger partial charge < -0.3 is 16.2 Å². The van der Waals surface area contributed by atoms with Crippen LogP contribution in [0.2, 0.25) is 5.02 Å². The van der Waals surface area contributed by atoms with E-state index in [0.29, 0.717) is 0 Å². The summed E-state index contributed by atoms with van der Waals surface area (Å²) >= 11 is 5.68. The van der Waals surface area contributed by atoms with Crippen LogP contribution in [0.3, 0.4) is 0 Å². The number of rotatable bonds is 6. The standard InChI is InChI=1S/C11H13ClN2O6S/c12-7-5-6(1-3-9(7)21(18,19)20)14-10(15)4-2-8(13)11(16)17/h1,3,5,8H,2,4,13H2,(H,14,15)(H,16,17)(H,18,19,20)/t8-/m0/s1. The third kappa shape index (κ3) is 5.31. The lowest BCUT2D eigenvalue weighted by Gasteiger charge is -2.09. The largest absolute Gasteiger partial charge is 0.480 e. The van der Waals surface area contributed by atoms with Gasteiger partial charge in [0.2, 0.25) is 5.91 Å². The second-order valence-corrected chi connectivity index (χ2v) is 5.95. The Balaban J connectivity index is 2.70. The first-order valence-corrected chi connectivity index (χ1v) is 7.48. The van der Waals surface area contributed by atoms with Crippen molar-refractivity contribution in [1.82, 2.24) is 0 Å². The molecule has 8 nitrogen and oxygen atoms in total. The van der Waals surface area contributed by atoms with Gasteiger partial charge in [-0.1, -0.05) is 11.6 Å². The molecule has 1 atom stereocenters. The van der Waals surface area contributed by atoms with Crippen LogP contribution in [-0.4, -0.2) is 36.0 Å². The monoisotopic (exact) mass is 336 g/mol. The lowest BCUT2D eigenvalue weighted by atomic mass is 10.1. The number of carbonyl (C=O) groups is 2. The number of halogens is 1. The highest BCUT2D eigenvalue weighted by atomic mass is 35.5. The summed E-state index contributed by atoms with van der Waals surface area (Å²) in [6, 6.07) is 2.29. The zero-order valence-corrected chi connectivity index (χ0v) is 12.2. The van der Waals surface area contributed by atoms with E-state index in [1.807, 2.05) is 0 Å². The van der Waals surface area contributed by atoms with Gasteiger partial charge in [-0.15, -0.1) is 0 Å². The van der Waals surface area contributed by atoms with Crippen LogP contribution in [0, 0.1) is 0 Å². The van der Waals surface area contributed by atoms with Crippen molar-refractivity contribution in [3.05, 3.63) is 23.2 Å². The molecular weight excluding hydrogens is 324 g/mol. The molecule has 0 heterocycles. The second-order valence-electron chi connectivity index (χ2n) is 4.15. The summed E-state index contributed by atoms with van der Waals surface area (Å²) < 4.78 is 30.8. The van der Waals surface area contributed by atoms with Crippen molar-refractivity contribution in [1.29, 1.82) is 0 Å². The van der Waals surface area contributed by atoms with Gasteiger partial charge in [-0.05, 0) is 24.6 Å². The average Bonchev–Trinajstić information content (AvgIpc) is 2.34. The molecule has 10 heteroatoms. The summed E-state index contributed by atoms with van der Waals surface area (Å²) in [5.74, 6) is -1.70. The molecule has 0 fully saturated rings. The number of carboxylic acids is 1. The molecule has 1 aromatic carbocycles. The van der Waals surface area contributed by atoms with Crippen molar-refractivity contribution < 1.29 is 27.7 Å². The number of hydrogen-bond donors (Lipinski definition) is 4. The minimum absolute atomic E-state index is 0.0436. The Hall–Kier alpha value is -1.68. The highest BCUT2D eigenvalue weighted by Gasteiger charge is 2.16. The van der Waals surface area contributed by atoms with E-state index in [4.69, 9.17) is 27.0 Å². The molecular formula is C11H13ClN2O6S. The predicted molar refractivity (Wildman–Crippen MR) is 74.7 cm³/mol. The average molecular weight is 337 g/mol. The fourth-order valence-corrected chi connectivity index (χ4v) is 2.44. The maximum atomic E-state index is 11.6. The van der Waals surface area contributed by atoms with E-state index < -0.39 is 32.9 Å². The predicted octanol–water partition coefficient (Wildman–Crippen LogP) is 0.717. The van der Waals surface area contributed by atoms with E-state index in [-0.39, 0.29) is 23.6 Å². The third-order valence-corrected chi connectivity index (χ3v) is 3.83. The fourth-order valence-electron chi connectivity index (χ4n) is 1.42. The van der Waals surface area contributed by atoms with Gasteiger partial charge in [-0.25, -0.2) is 0 Å². The van der Waals surface area contributed by atoms with E-state index in [9.17, 15) is 18.0 Å². The molecule has 1 rings (SSSR count). The normalized spacial score (nSPS) is 12.7. The van der Waals surface area contributed by atoms with Gasteiger partial charge in [0.25, 0.3) is 10.1 Å². The number of aliphatic carboxylic acids is 1. The van der Waals surface area contributed by atoms with Gasteiger partial charge in [-0.3, -0.25) is 14.1 Å². The quantitative estimate of drug-likeness (QED) is 0.559. The summed E-state index contributed by atoms with van der Waals surface area (Å²) in [4.78, 5) is 21.6. The number of benzene rings is 1. The summed E-state index contributed by atoms with van der Waals surface area (Å²) in [6.45, 7) is 0. The Morgan fingerprint density at radius 2 is 2.00 bits per heavy atom. The van der Waals surface area contributed by atoms with Crippen LogP contribution >= 0.6 is 11.6 Å². The van der Waals surface area contributed by atoms with E-state index in [0.717, 1.165) is 12.1 Å².